The van der Waals surface area contributed by atoms with E-state index in [1.54, 1.807) is 7.05 Å². The number of rotatable bonds is 0. The van der Waals surface area contributed by atoms with Crippen molar-refractivity contribution in [2.75, 3.05) is 29.0 Å². The Balaban J connectivity index is 2.51. The Kier molecular flexibility index (Phi) is 2.56. The van der Waals surface area contributed by atoms with Crippen LogP contribution in [0.25, 0.3) is 0 Å². The van der Waals surface area contributed by atoms with Crippen LogP contribution in [0.5, 0.6) is 0 Å². The summed E-state index contributed by atoms with van der Waals surface area (Å²) in [5.74, 6) is 0.199. The van der Waals surface area contributed by atoms with Crippen LogP contribution >= 0.6 is 0 Å². The largest absolute Gasteiger partial charge is 0.383 e. The maximum Gasteiger partial charge on any atom is 0.235 e. The number of sulfonamides is 1. The molecule has 0 amide bonds. The van der Waals surface area contributed by atoms with E-state index >= 15 is 0 Å². The molecule has 0 aromatic heterocycles. The standard InChI is InChI=1S/C10H14N2O2S/c1-12-10-6-3-2-5-9(10)11-7-4-8-15(12,13)14/h2-3,5-6,11H,4,7-8H2,1H3. The highest BCUT2D eigenvalue weighted by Crippen LogP contribution is 2.28. The Morgan fingerprint density at radius 2 is 2.07 bits per heavy atom. The first-order chi connectivity index (χ1) is 7.11. The summed E-state index contributed by atoms with van der Waals surface area (Å²) in [6.07, 6.45) is 0.640. The predicted molar refractivity (Wildman–Crippen MR) is 61.7 cm³/mol. The van der Waals surface area contributed by atoms with E-state index in [2.05, 4.69) is 5.32 Å². The van der Waals surface area contributed by atoms with Crippen molar-refractivity contribution >= 4 is 21.4 Å². The molecule has 0 spiro atoms. The van der Waals surface area contributed by atoms with E-state index in [4.69, 9.17) is 0 Å². The molecule has 4 nitrogen and oxygen atoms in total. The molecule has 0 fully saturated rings. The summed E-state index contributed by atoms with van der Waals surface area (Å²) in [7, 11) is -1.54. The quantitative estimate of drug-likeness (QED) is 0.724. The van der Waals surface area contributed by atoms with Gasteiger partial charge in [0.25, 0.3) is 0 Å². The van der Waals surface area contributed by atoms with Crippen molar-refractivity contribution in [2.24, 2.45) is 0 Å². The average molecular weight is 226 g/mol. The summed E-state index contributed by atoms with van der Waals surface area (Å²) in [5.41, 5.74) is 1.60. The van der Waals surface area contributed by atoms with Gasteiger partial charge in [-0.25, -0.2) is 8.42 Å². The fraction of sp³-hybridized carbons (Fsp3) is 0.400. The van der Waals surface area contributed by atoms with Crippen molar-refractivity contribution in [1.29, 1.82) is 0 Å². The molecule has 1 aromatic carbocycles. The van der Waals surface area contributed by atoms with Gasteiger partial charge in [0.05, 0.1) is 17.1 Å². The lowest BCUT2D eigenvalue weighted by molar-refractivity contribution is 0.592. The lowest BCUT2D eigenvalue weighted by atomic mass is 10.2. The van der Waals surface area contributed by atoms with E-state index in [1.807, 2.05) is 24.3 Å². The molecule has 1 aliphatic heterocycles. The van der Waals surface area contributed by atoms with E-state index in [9.17, 15) is 8.42 Å². The highest BCUT2D eigenvalue weighted by atomic mass is 32.2. The molecule has 1 aromatic rings. The van der Waals surface area contributed by atoms with Gasteiger partial charge < -0.3 is 5.32 Å². The Morgan fingerprint density at radius 3 is 2.87 bits per heavy atom. The summed E-state index contributed by atoms with van der Waals surface area (Å²) in [5, 5.41) is 3.23. The van der Waals surface area contributed by atoms with Gasteiger partial charge in [-0.3, -0.25) is 4.31 Å². The Bertz CT molecular complexity index is 456. The Hall–Kier alpha value is -1.23. The smallest absolute Gasteiger partial charge is 0.235 e. The maximum atomic E-state index is 11.8. The van der Waals surface area contributed by atoms with E-state index in [1.165, 1.54) is 4.31 Å². The molecular weight excluding hydrogens is 212 g/mol. The summed E-state index contributed by atoms with van der Waals surface area (Å²) in [6, 6.07) is 7.44. The molecule has 1 heterocycles. The zero-order valence-electron chi connectivity index (χ0n) is 8.60. The second-order valence-electron chi connectivity index (χ2n) is 3.58. The topological polar surface area (TPSA) is 49.4 Å². The third-order valence-electron chi connectivity index (χ3n) is 2.56. The van der Waals surface area contributed by atoms with Gasteiger partial charge in [0.15, 0.2) is 0 Å². The van der Waals surface area contributed by atoms with Crippen molar-refractivity contribution in [3.05, 3.63) is 24.3 Å². The molecular formula is C10H14N2O2S. The van der Waals surface area contributed by atoms with E-state index in [0.29, 0.717) is 13.0 Å². The molecule has 2 rings (SSSR count). The summed E-state index contributed by atoms with van der Waals surface area (Å²) < 4.78 is 25.0. The van der Waals surface area contributed by atoms with Gasteiger partial charge in [-0.2, -0.15) is 0 Å². The van der Waals surface area contributed by atoms with E-state index in [0.717, 1.165) is 11.4 Å². The van der Waals surface area contributed by atoms with Crippen LogP contribution in [0.2, 0.25) is 0 Å². The molecule has 0 radical (unpaired) electrons. The molecule has 0 saturated heterocycles. The lowest BCUT2D eigenvalue weighted by Crippen LogP contribution is -2.32. The van der Waals surface area contributed by atoms with Crippen LogP contribution in [0.1, 0.15) is 6.42 Å². The average Bonchev–Trinajstić information content (AvgIpc) is 2.22. The molecule has 0 aliphatic carbocycles. The zero-order valence-corrected chi connectivity index (χ0v) is 9.42. The third kappa shape index (κ3) is 1.92. The number of hydrogen-bond donors (Lipinski definition) is 1. The number of hydrogen-bond acceptors (Lipinski definition) is 3. The summed E-state index contributed by atoms with van der Waals surface area (Å²) in [4.78, 5) is 0. The van der Waals surface area contributed by atoms with Crippen molar-refractivity contribution in [2.45, 2.75) is 6.42 Å². The minimum absolute atomic E-state index is 0.199. The molecule has 0 bridgehead atoms. The molecule has 5 heteroatoms. The molecule has 15 heavy (non-hydrogen) atoms. The number of nitrogens with zero attached hydrogens (tertiary/aromatic N) is 1. The second-order valence-corrected chi connectivity index (χ2v) is 5.70. The van der Waals surface area contributed by atoms with E-state index < -0.39 is 10.0 Å². The maximum absolute atomic E-state index is 11.8. The van der Waals surface area contributed by atoms with Gasteiger partial charge >= 0.3 is 0 Å². The number of benzene rings is 1. The predicted octanol–water partition coefficient (Wildman–Crippen LogP) is 1.27. The molecule has 1 N–H and O–H groups in total. The van der Waals surface area contributed by atoms with Gasteiger partial charge in [-0.05, 0) is 18.6 Å². The highest BCUT2D eigenvalue weighted by Gasteiger charge is 2.22. The lowest BCUT2D eigenvalue weighted by Gasteiger charge is -2.25. The number of anilines is 2. The van der Waals surface area contributed by atoms with Crippen LogP contribution in [-0.2, 0) is 10.0 Å². The normalized spacial score (nSPS) is 19.7. The van der Waals surface area contributed by atoms with Gasteiger partial charge in [0.2, 0.25) is 10.0 Å². The zero-order chi connectivity index (χ0) is 10.9. The first-order valence-corrected chi connectivity index (χ1v) is 6.52. The summed E-state index contributed by atoms with van der Waals surface area (Å²) >= 11 is 0. The Morgan fingerprint density at radius 1 is 1.33 bits per heavy atom. The fourth-order valence-corrected chi connectivity index (χ4v) is 2.90. The van der Waals surface area contributed by atoms with Crippen LogP contribution in [0.3, 0.4) is 0 Å². The first-order valence-electron chi connectivity index (χ1n) is 4.91. The molecule has 1 aliphatic rings. The van der Waals surface area contributed by atoms with Gasteiger partial charge in [0.1, 0.15) is 0 Å². The van der Waals surface area contributed by atoms with Crippen LogP contribution in [0.15, 0.2) is 24.3 Å². The molecule has 0 unspecified atom stereocenters. The van der Waals surface area contributed by atoms with Crippen molar-refractivity contribution in [3.8, 4) is 0 Å². The molecule has 0 atom stereocenters. The van der Waals surface area contributed by atoms with Crippen molar-refractivity contribution in [1.82, 2.24) is 0 Å². The van der Waals surface area contributed by atoms with Crippen LogP contribution in [-0.4, -0.2) is 27.8 Å². The van der Waals surface area contributed by atoms with Crippen LogP contribution < -0.4 is 9.62 Å². The number of nitrogens with one attached hydrogen (secondary N) is 1. The summed E-state index contributed by atoms with van der Waals surface area (Å²) in [6.45, 7) is 0.698. The van der Waals surface area contributed by atoms with Crippen LogP contribution in [0, 0.1) is 0 Å². The van der Waals surface area contributed by atoms with Gasteiger partial charge in [0, 0.05) is 13.6 Å². The highest BCUT2D eigenvalue weighted by molar-refractivity contribution is 7.92. The SMILES string of the molecule is CN1c2ccccc2NCCCS1(=O)=O. The van der Waals surface area contributed by atoms with Gasteiger partial charge in [-0.1, -0.05) is 12.1 Å². The monoisotopic (exact) mass is 226 g/mol. The molecule has 82 valence electrons. The van der Waals surface area contributed by atoms with Gasteiger partial charge in [-0.15, -0.1) is 0 Å². The minimum Gasteiger partial charge on any atom is -0.383 e. The fourth-order valence-electron chi connectivity index (χ4n) is 1.66. The van der Waals surface area contributed by atoms with Crippen LogP contribution in [0.4, 0.5) is 11.4 Å². The number of para-hydroxylation sites is 2. The third-order valence-corrected chi connectivity index (χ3v) is 4.39. The van der Waals surface area contributed by atoms with Crippen molar-refractivity contribution in [3.63, 3.8) is 0 Å². The second kappa shape index (κ2) is 3.73. The Labute approximate surface area is 90.0 Å². The number of fused-ring (bicyclic) bond motifs is 1. The first kappa shape index (κ1) is 10.3. The minimum atomic E-state index is -3.14. The molecule has 0 saturated carbocycles. The van der Waals surface area contributed by atoms with E-state index in [-0.39, 0.29) is 5.75 Å². The van der Waals surface area contributed by atoms with Crippen molar-refractivity contribution < 1.29 is 8.42 Å².